The van der Waals surface area contributed by atoms with Gasteiger partial charge in [0.15, 0.2) is 0 Å². The van der Waals surface area contributed by atoms with Crippen molar-refractivity contribution < 1.29 is 4.74 Å². The largest absolute Gasteiger partial charge is 0.450 e. The molecule has 0 N–H and O–H groups in total. The van der Waals surface area contributed by atoms with Crippen molar-refractivity contribution in [3.05, 3.63) is 0 Å². The molecular formula is C15H25OP. The first-order valence-electron chi connectivity index (χ1n) is 7.24. The molecule has 17 heavy (non-hydrogen) atoms. The molecule has 0 spiro atoms. The van der Waals surface area contributed by atoms with Crippen molar-refractivity contribution in [2.75, 3.05) is 7.11 Å². The summed E-state index contributed by atoms with van der Waals surface area (Å²) in [4.78, 5) is 0. The summed E-state index contributed by atoms with van der Waals surface area (Å²) >= 11 is 0. The summed E-state index contributed by atoms with van der Waals surface area (Å²) in [6, 6.07) is 0. The zero-order valence-electron chi connectivity index (χ0n) is 11.1. The lowest BCUT2D eigenvalue weighted by Crippen LogP contribution is -2.19. The molecule has 2 aliphatic carbocycles. The maximum absolute atomic E-state index is 5.01. The second-order valence-corrected chi connectivity index (χ2v) is 7.91. The van der Waals surface area contributed by atoms with Gasteiger partial charge in [-0.2, -0.15) is 0 Å². The molecule has 0 saturated heterocycles. The van der Waals surface area contributed by atoms with Crippen LogP contribution in [-0.2, 0) is 4.74 Å². The molecule has 0 amide bonds. The van der Waals surface area contributed by atoms with Gasteiger partial charge in [0.25, 0.3) is 0 Å². The van der Waals surface area contributed by atoms with Crippen molar-refractivity contribution in [3.63, 3.8) is 0 Å². The molecule has 2 fully saturated rings. The van der Waals surface area contributed by atoms with Gasteiger partial charge in [-0.25, -0.2) is 0 Å². The van der Waals surface area contributed by atoms with E-state index >= 15 is 0 Å². The van der Waals surface area contributed by atoms with Gasteiger partial charge in [-0.05, 0) is 50.6 Å². The van der Waals surface area contributed by atoms with Crippen LogP contribution >= 0.6 is 7.92 Å². The molecule has 96 valence electrons. The lowest BCUT2D eigenvalue weighted by molar-refractivity contribution is 0.372. The molecule has 0 radical (unpaired) electrons. The lowest BCUT2D eigenvalue weighted by Gasteiger charge is -2.34. The predicted octanol–water partition coefficient (Wildman–Crippen LogP) is 4.70. The van der Waals surface area contributed by atoms with Crippen LogP contribution in [0.4, 0.5) is 0 Å². The van der Waals surface area contributed by atoms with Crippen molar-refractivity contribution in [2.45, 2.75) is 75.5 Å². The number of rotatable bonds is 2. The fourth-order valence-electron chi connectivity index (χ4n) is 3.30. The number of hydrogen-bond acceptors (Lipinski definition) is 1. The van der Waals surface area contributed by atoms with Gasteiger partial charge in [-0.15, -0.1) is 0 Å². The Labute approximate surface area is 107 Å². The number of ether oxygens (including phenoxy) is 1. The van der Waals surface area contributed by atoms with E-state index in [9.17, 15) is 0 Å². The van der Waals surface area contributed by atoms with Gasteiger partial charge in [0.05, 0.1) is 7.11 Å². The zero-order chi connectivity index (χ0) is 11.9. The Morgan fingerprint density at radius 1 is 0.824 bits per heavy atom. The summed E-state index contributed by atoms with van der Waals surface area (Å²) in [6.45, 7) is 0. The van der Waals surface area contributed by atoms with E-state index in [4.69, 9.17) is 4.74 Å². The third-order valence-corrected chi connectivity index (χ3v) is 7.17. The molecule has 2 saturated carbocycles. The van der Waals surface area contributed by atoms with E-state index in [0.717, 1.165) is 11.3 Å². The smallest absolute Gasteiger partial charge is 0.114 e. The highest BCUT2D eigenvalue weighted by atomic mass is 31.1. The number of hydrogen-bond donors (Lipinski definition) is 0. The molecule has 0 aromatic rings. The average molecular weight is 252 g/mol. The summed E-state index contributed by atoms with van der Waals surface area (Å²) in [6.07, 6.45) is 17.3. The quantitative estimate of drug-likeness (QED) is 0.511. The Balaban J connectivity index is 2.00. The van der Waals surface area contributed by atoms with E-state index in [1.54, 1.807) is 7.11 Å². The standard InChI is InChI=1S/C15H25OP/c1-16-12-13-17(14-8-4-2-5-9-14)15-10-6-3-7-11-15/h14-15H,2-11H2,1H3. The number of methoxy groups -OCH3 is 1. The van der Waals surface area contributed by atoms with Gasteiger partial charge in [0.1, 0.15) is 6.11 Å². The maximum atomic E-state index is 5.01. The zero-order valence-corrected chi connectivity index (χ0v) is 12.0. The third-order valence-electron chi connectivity index (χ3n) is 4.21. The molecule has 0 unspecified atom stereocenters. The van der Waals surface area contributed by atoms with Crippen LogP contribution in [0.3, 0.4) is 0 Å². The minimum absolute atomic E-state index is 0.0890. The van der Waals surface area contributed by atoms with Crippen molar-refractivity contribution in [2.24, 2.45) is 0 Å². The molecule has 0 aromatic heterocycles. The first-order valence-corrected chi connectivity index (χ1v) is 8.72. The molecule has 0 atom stereocenters. The summed E-state index contributed by atoms with van der Waals surface area (Å²) < 4.78 is 5.01. The van der Waals surface area contributed by atoms with Crippen LogP contribution in [0, 0.1) is 11.8 Å². The van der Waals surface area contributed by atoms with E-state index in [0.29, 0.717) is 0 Å². The molecule has 2 rings (SSSR count). The Morgan fingerprint density at radius 3 is 1.71 bits per heavy atom. The molecule has 0 heterocycles. The average Bonchev–Trinajstić information content (AvgIpc) is 2.42. The van der Waals surface area contributed by atoms with Gasteiger partial charge in [0.2, 0.25) is 0 Å². The van der Waals surface area contributed by atoms with E-state index in [-0.39, 0.29) is 7.92 Å². The first kappa shape index (κ1) is 13.2. The molecule has 0 aliphatic heterocycles. The Morgan fingerprint density at radius 2 is 1.29 bits per heavy atom. The second-order valence-electron chi connectivity index (χ2n) is 5.41. The molecule has 2 heteroatoms. The van der Waals surface area contributed by atoms with Gasteiger partial charge in [-0.1, -0.05) is 38.5 Å². The van der Waals surface area contributed by atoms with Crippen LogP contribution in [-0.4, -0.2) is 18.4 Å². The highest BCUT2D eigenvalue weighted by Gasteiger charge is 2.30. The summed E-state index contributed by atoms with van der Waals surface area (Å²) in [7, 11) is 1.61. The van der Waals surface area contributed by atoms with Crippen LogP contribution in [0.2, 0.25) is 0 Å². The highest BCUT2D eigenvalue weighted by molar-refractivity contribution is 7.64. The van der Waals surface area contributed by atoms with Gasteiger partial charge < -0.3 is 4.74 Å². The van der Waals surface area contributed by atoms with Crippen molar-refractivity contribution >= 4 is 7.92 Å². The maximum Gasteiger partial charge on any atom is 0.114 e. The molecule has 2 aliphatic rings. The van der Waals surface area contributed by atoms with Crippen molar-refractivity contribution in [3.8, 4) is 11.8 Å². The van der Waals surface area contributed by atoms with Crippen molar-refractivity contribution in [1.82, 2.24) is 0 Å². The minimum atomic E-state index is -0.0890. The van der Waals surface area contributed by atoms with Crippen molar-refractivity contribution in [1.29, 1.82) is 0 Å². The summed E-state index contributed by atoms with van der Waals surface area (Å²) in [5.41, 5.74) is 5.34. The predicted molar refractivity (Wildman–Crippen MR) is 75.5 cm³/mol. The Bertz CT molecular complexity index is 248. The minimum Gasteiger partial charge on any atom is -0.450 e. The summed E-state index contributed by atoms with van der Waals surface area (Å²) in [5, 5.41) is 0. The Hall–Kier alpha value is -0.210. The second kappa shape index (κ2) is 7.27. The Kier molecular flexibility index (Phi) is 5.66. The van der Waals surface area contributed by atoms with Crippen LogP contribution in [0.25, 0.3) is 0 Å². The normalized spacial score (nSPS) is 23.2. The van der Waals surface area contributed by atoms with Crippen LogP contribution in [0.5, 0.6) is 0 Å². The molecule has 0 bridgehead atoms. The van der Waals surface area contributed by atoms with E-state index < -0.39 is 0 Å². The molecule has 0 aromatic carbocycles. The van der Waals surface area contributed by atoms with E-state index in [1.807, 2.05) is 0 Å². The topological polar surface area (TPSA) is 9.23 Å². The van der Waals surface area contributed by atoms with Crippen LogP contribution in [0.15, 0.2) is 0 Å². The first-order chi connectivity index (χ1) is 8.42. The van der Waals surface area contributed by atoms with Crippen LogP contribution < -0.4 is 0 Å². The fourth-order valence-corrected chi connectivity index (χ4v) is 6.30. The fraction of sp³-hybridized carbons (Fsp3) is 0.867. The van der Waals surface area contributed by atoms with Gasteiger partial charge in [-0.3, -0.25) is 0 Å². The highest BCUT2D eigenvalue weighted by Crippen LogP contribution is 2.54. The van der Waals surface area contributed by atoms with Gasteiger partial charge >= 0.3 is 0 Å². The monoisotopic (exact) mass is 252 g/mol. The van der Waals surface area contributed by atoms with E-state index in [1.165, 1.54) is 64.2 Å². The van der Waals surface area contributed by atoms with Crippen LogP contribution in [0.1, 0.15) is 64.2 Å². The van der Waals surface area contributed by atoms with Gasteiger partial charge in [0, 0.05) is 0 Å². The summed E-state index contributed by atoms with van der Waals surface area (Å²) in [5.74, 6) is 0. The van der Waals surface area contributed by atoms with E-state index in [2.05, 4.69) is 11.8 Å². The third kappa shape index (κ3) is 3.89. The molecule has 1 nitrogen and oxygen atoms in total. The SMILES string of the molecule is COC#CP(C1CCCCC1)C1CCCCC1. The lowest BCUT2D eigenvalue weighted by atomic mass is 9.99. The molecular weight excluding hydrogens is 227 g/mol.